The van der Waals surface area contributed by atoms with Gasteiger partial charge in [0, 0.05) is 43.7 Å². The standard InChI is InChI=1S/C20H31BN2O4/c1-20(2,3)15-11-22(12-16(21)27-15)19(26)14-6-4-13(5-7-14)10-23-17(24)8-9-18(23)25/h8-9,13-16H,4-7,10-12,21H2,1-3H3. The van der Waals surface area contributed by atoms with E-state index in [2.05, 4.69) is 20.8 Å². The van der Waals surface area contributed by atoms with Gasteiger partial charge in [0.25, 0.3) is 11.8 Å². The lowest BCUT2D eigenvalue weighted by Crippen LogP contribution is -2.55. The Hall–Kier alpha value is -1.63. The first kappa shape index (κ1) is 20.1. The molecule has 3 amide bonds. The van der Waals surface area contributed by atoms with Crippen LogP contribution in [-0.2, 0) is 19.1 Å². The van der Waals surface area contributed by atoms with E-state index < -0.39 is 0 Å². The molecule has 2 atom stereocenters. The molecule has 2 fully saturated rings. The molecule has 2 heterocycles. The van der Waals surface area contributed by atoms with E-state index in [1.165, 1.54) is 17.1 Å². The van der Waals surface area contributed by atoms with E-state index in [9.17, 15) is 14.4 Å². The summed E-state index contributed by atoms with van der Waals surface area (Å²) in [5, 5.41) is 0. The van der Waals surface area contributed by atoms with Gasteiger partial charge < -0.3 is 9.64 Å². The van der Waals surface area contributed by atoms with Gasteiger partial charge in [-0.3, -0.25) is 19.3 Å². The van der Waals surface area contributed by atoms with Crippen LogP contribution in [0, 0.1) is 17.3 Å². The number of rotatable bonds is 3. The number of ether oxygens (including phenoxy) is 1. The minimum atomic E-state index is -0.214. The number of amides is 3. The molecule has 0 spiro atoms. The topological polar surface area (TPSA) is 66.9 Å². The van der Waals surface area contributed by atoms with Crippen LogP contribution in [0.2, 0.25) is 0 Å². The molecule has 27 heavy (non-hydrogen) atoms. The third-order valence-electron chi connectivity index (χ3n) is 6.08. The molecular weight excluding hydrogens is 343 g/mol. The summed E-state index contributed by atoms with van der Waals surface area (Å²) >= 11 is 0. The number of carbonyl (C=O) groups is 3. The van der Waals surface area contributed by atoms with Gasteiger partial charge >= 0.3 is 0 Å². The maximum atomic E-state index is 13.1. The zero-order chi connectivity index (χ0) is 19.8. The van der Waals surface area contributed by atoms with E-state index in [4.69, 9.17) is 4.74 Å². The lowest BCUT2D eigenvalue weighted by molar-refractivity contribution is -0.152. The van der Waals surface area contributed by atoms with Crippen LogP contribution >= 0.6 is 0 Å². The molecule has 1 aliphatic carbocycles. The molecule has 148 valence electrons. The van der Waals surface area contributed by atoms with Crippen LogP contribution in [0.5, 0.6) is 0 Å². The monoisotopic (exact) mass is 374 g/mol. The van der Waals surface area contributed by atoms with Gasteiger partial charge in [-0.1, -0.05) is 20.8 Å². The van der Waals surface area contributed by atoms with Crippen molar-refractivity contribution in [1.82, 2.24) is 9.80 Å². The van der Waals surface area contributed by atoms with Crippen molar-refractivity contribution >= 4 is 25.6 Å². The number of imide groups is 1. The van der Waals surface area contributed by atoms with E-state index in [1.807, 2.05) is 12.7 Å². The van der Waals surface area contributed by atoms with Gasteiger partial charge in [0.05, 0.1) is 6.10 Å². The Kier molecular flexibility index (Phi) is 5.80. The molecule has 1 saturated carbocycles. The van der Waals surface area contributed by atoms with Crippen LogP contribution in [-0.4, -0.2) is 67.1 Å². The maximum Gasteiger partial charge on any atom is 0.253 e. The summed E-state index contributed by atoms with van der Waals surface area (Å²) in [7, 11) is 2.03. The Balaban J connectivity index is 1.52. The van der Waals surface area contributed by atoms with Crippen LogP contribution < -0.4 is 0 Å². The van der Waals surface area contributed by atoms with Crippen LogP contribution in [0.3, 0.4) is 0 Å². The molecule has 2 unspecified atom stereocenters. The second kappa shape index (κ2) is 7.78. The first-order chi connectivity index (χ1) is 12.6. The molecular formula is C20H31BN2O4. The van der Waals surface area contributed by atoms with Crippen molar-refractivity contribution in [1.29, 1.82) is 0 Å². The normalized spacial score (nSPS) is 32.3. The second-order valence-electron chi connectivity index (χ2n) is 9.38. The number of hydrogen-bond donors (Lipinski definition) is 0. The molecule has 0 radical (unpaired) electrons. The van der Waals surface area contributed by atoms with Crippen molar-refractivity contribution in [2.24, 2.45) is 17.3 Å². The van der Waals surface area contributed by atoms with E-state index in [0.717, 1.165) is 25.7 Å². The number of carbonyl (C=O) groups excluding carboxylic acids is 3. The van der Waals surface area contributed by atoms with Crippen molar-refractivity contribution in [3.05, 3.63) is 12.2 Å². The molecule has 1 saturated heterocycles. The number of hydrogen-bond acceptors (Lipinski definition) is 4. The Morgan fingerprint density at radius 1 is 1.11 bits per heavy atom. The summed E-state index contributed by atoms with van der Waals surface area (Å²) < 4.78 is 6.06. The van der Waals surface area contributed by atoms with Crippen molar-refractivity contribution < 1.29 is 19.1 Å². The molecule has 3 aliphatic rings. The Morgan fingerprint density at radius 3 is 2.26 bits per heavy atom. The average molecular weight is 374 g/mol. The van der Waals surface area contributed by atoms with Crippen molar-refractivity contribution in [2.45, 2.75) is 58.6 Å². The Labute approximate surface area is 162 Å². The quantitative estimate of drug-likeness (QED) is 0.545. The zero-order valence-electron chi connectivity index (χ0n) is 16.9. The highest BCUT2D eigenvalue weighted by Crippen LogP contribution is 2.33. The molecule has 0 bridgehead atoms. The van der Waals surface area contributed by atoms with Crippen LogP contribution in [0.1, 0.15) is 46.5 Å². The third kappa shape index (κ3) is 4.62. The minimum absolute atomic E-state index is 0.00765. The molecule has 3 rings (SSSR count). The predicted octanol–water partition coefficient (Wildman–Crippen LogP) is 0.950. The highest BCUT2D eigenvalue weighted by Gasteiger charge is 2.38. The number of nitrogens with zero attached hydrogens (tertiary/aromatic N) is 2. The van der Waals surface area contributed by atoms with E-state index in [1.54, 1.807) is 0 Å². The molecule has 0 aromatic carbocycles. The fraction of sp³-hybridized carbons (Fsp3) is 0.750. The zero-order valence-corrected chi connectivity index (χ0v) is 16.9. The van der Waals surface area contributed by atoms with E-state index in [0.29, 0.717) is 25.6 Å². The summed E-state index contributed by atoms with van der Waals surface area (Å²) in [5.41, 5.74) is 0.00765. The first-order valence-corrected chi connectivity index (χ1v) is 10.1. The predicted molar refractivity (Wildman–Crippen MR) is 105 cm³/mol. The van der Waals surface area contributed by atoms with Crippen molar-refractivity contribution in [3.8, 4) is 0 Å². The molecule has 0 aromatic rings. The fourth-order valence-corrected chi connectivity index (χ4v) is 4.33. The third-order valence-corrected chi connectivity index (χ3v) is 6.08. The summed E-state index contributed by atoms with van der Waals surface area (Å²) in [4.78, 5) is 39.8. The molecule has 6 nitrogen and oxygen atoms in total. The van der Waals surface area contributed by atoms with Gasteiger partial charge in [-0.05, 0) is 37.0 Å². The summed E-state index contributed by atoms with van der Waals surface area (Å²) in [6.45, 7) is 8.26. The van der Waals surface area contributed by atoms with Crippen LogP contribution in [0.4, 0.5) is 0 Å². The van der Waals surface area contributed by atoms with Crippen LogP contribution in [0.25, 0.3) is 0 Å². The van der Waals surface area contributed by atoms with Gasteiger partial charge in [-0.2, -0.15) is 0 Å². The SMILES string of the molecule is BC1CN(C(=O)C2CCC(CN3C(=O)C=CC3=O)CC2)CC(C(C)(C)C)O1. The maximum absolute atomic E-state index is 13.1. The van der Waals surface area contributed by atoms with Gasteiger partial charge in [0.1, 0.15) is 7.85 Å². The first-order valence-electron chi connectivity index (χ1n) is 10.1. The van der Waals surface area contributed by atoms with Gasteiger partial charge in [-0.15, -0.1) is 0 Å². The Morgan fingerprint density at radius 2 is 1.70 bits per heavy atom. The highest BCUT2D eigenvalue weighted by atomic mass is 16.5. The van der Waals surface area contributed by atoms with Crippen molar-refractivity contribution in [2.75, 3.05) is 19.6 Å². The molecule has 0 aromatic heterocycles. The van der Waals surface area contributed by atoms with Crippen LogP contribution in [0.15, 0.2) is 12.2 Å². The summed E-state index contributed by atoms with van der Waals surface area (Å²) in [6.07, 6.45) is 6.16. The lowest BCUT2D eigenvalue weighted by Gasteiger charge is -2.44. The fourth-order valence-electron chi connectivity index (χ4n) is 4.33. The van der Waals surface area contributed by atoms with Gasteiger partial charge in [0.2, 0.25) is 5.91 Å². The smallest absolute Gasteiger partial charge is 0.253 e. The minimum Gasteiger partial charge on any atom is -0.380 e. The summed E-state index contributed by atoms with van der Waals surface area (Å²) in [5.74, 6) is 0.165. The second-order valence-corrected chi connectivity index (χ2v) is 9.38. The largest absolute Gasteiger partial charge is 0.380 e. The number of morpholine rings is 1. The average Bonchev–Trinajstić information content (AvgIpc) is 2.92. The molecule has 0 N–H and O–H groups in total. The van der Waals surface area contributed by atoms with Crippen molar-refractivity contribution in [3.63, 3.8) is 0 Å². The van der Waals surface area contributed by atoms with Gasteiger partial charge in [0.15, 0.2) is 0 Å². The molecule has 2 aliphatic heterocycles. The van der Waals surface area contributed by atoms with Gasteiger partial charge in [-0.25, -0.2) is 0 Å². The molecule has 7 heteroatoms. The highest BCUT2D eigenvalue weighted by molar-refractivity contribution is 6.12. The lowest BCUT2D eigenvalue weighted by atomic mass is 9.80. The Bertz CT molecular complexity index is 616. The van der Waals surface area contributed by atoms with E-state index >= 15 is 0 Å². The van der Waals surface area contributed by atoms with E-state index in [-0.39, 0.29) is 41.2 Å². The summed E-state index contributed by atoms with van der Waals surface area (Å²) in [6, 6.07) is 0.0583.